The van der Waals surface area contributed by atoms with Crippen molar-refractivity contribution in [1.29, 1.82) is 0 Å². The van der Waals surface area contributed by atoms with Crippen LogP contribution in [0.15, 0.2) is 23.4 Å². The van der Waals surface area contributed by atoms with E-state index in [4.69, 9.17) is 0 Å². The molecule has 1 aliphatic carbocycles. The molecule has 0 spiro atoms. The van der Waals surface area contributed by atoms with Gasteiger partial charge in [0.25, 0.3) is 0 Å². The van der Waals surface area contributed by atoms with Gasteiger partial charge in [0.05, 0.1) is 17.3 Å². The van der Waals surface area contributed by atoms with Crippen LogP contribution in [0.25, 0.3) is 0 Å². The van der Waals surface area contributed by atoms with E-state index in [-0.39, 0.29) is 29.1 Å². The van der Waals surface area contributed by atoms with Crippen LogP contribution in [0.2, 0.25) is 0 Å². The number of nitrogens with zero attached hydrogens (tertiary/aromatic N) is 3. The number of hydrogen-bond donors (Lipinski definition) is 1. The van der Waals surface area contributed by atoms with Crippen LogP contribution in [0.1, 0.15) is 29.8 Å². The lowest BCUT2D eigenvalue weighted by molar-refractivity contribution is -0.113. The maximum atomic E-state index is 12.3. The van der Waals surface area contributed by atoms with E-state index in [9.17, 15) is 13.2 Å². The molecule has 1 saturated heterocycles. The molecule has 0 unspecified atom stereocenters. The molecule has 4 rings (SSSR count). The molecule has 2 heterocycles. The number of carbonyl (C=O) groups is 1. The third-order valence-corrected chi connectivity index (χ3v) is 8.29. The number of benzene rings is 1. The predicted octanol–water partition coefficient (Wildman–Crippen LogP) is 2.01. The smallest absolute Gasteiger partial charge is 0.234 e. The number of rotatable bonds is 6. The van der Waals surface area contributed by atoms with Crippen molar-refractivity contribution in [2.45, 2.75) is 37.3 Å². The third-order valence-electron chi connectivity index (χ3n) is 5.44. The summed E-state index contributed by atoms with van der Waals surface area (Å²) < 4.78 is 25.1. The Morgan fingerprint density at radius 3 is 2.89 bits per heavy atom. The van der Waals surface area contributed by atoms with Crippen LogP contribution in [-0.4, -0.2) is 46.3 Å². The van der Waals surface area contributed by atoms with Gasteiger partial charge in [0.2, 0.25) is 5.91 Å². The molecular weight excluding hydrogens is 396 g/mol. The van der Waals surface area contributed by atoms with Gasteiger partial charge in [0.1, 0.15) is 5.82 Å². The molecule has 1 aliphatic heterocycles. The third kappa shape index (κ3) is 4.41. The fourth-order valence-electron chi connectivity index (χ4n) is 3.92. The first-order chi connectivity index (χ1) is 13.4. The second-order valence-electron chi connectivity index (χ2n) is 7.60. The first-order valence-corrected chi connectivity index (χ1v) is 12.3. The van der Waals surface area contributed by atoms with Crippen molar-refractivity contribution in [3.63, 3.8) is 0 Å². The second kappa shape index (κ2) is 7.87. The van der Waals surface area contributed by atoms with E-state index in [0.717, 1.165) is 24.4 Å². The van der Waals surface area contributed by atoms with E-state index in [1.54, 1.807) is 0 Å². The number of carbonyl (C=O) groups excluding carboxylic acids is 1. The lowest BCUT2D eigenvalue weighted by Gasteiger charge is -2.08. The van der Waals surface area contributed by atoms with Gasteiger partial charge < -0.3 is 9.88 Å². The fourth-order valence-corrected chi connectivity index (χ4v) is 6.51. The van der Waals surface area contributed by atoms with E-state index in [0.29, 0.717) is 18.0 Å². The molecule has 1 fully saturated rings. The van der Waals surface area contributed by atoms with Crippen molar-refractivity contribution in [3.05, 3.63) is 35.2 Å². The Hall–Kier alpha value is -1.87. The molecule has 2 aliphatic rings. The molecule has 150 valence electrons. The van der Waals surface area contributed by atoms with Crippen LogP contribution < -0.4 is 5.32 Å². The summed E-state index contributed by atoms with van der Waals surface area (Å²) in [7, 11) is -1.03. The Bertz CT molecular complexity index is 1000. The van der Waals surface area contributed by atoms with Crippen molar-refractivity contribution in [3.8, 4) is 0 Å². The number of fused-ring (bicyclic) bond motifs is 1. The van der Waals surface area contributed by atoms with Gasteiger partial charge >= 0.3 is 0 Å². The molecule has 1 atom stereocenters. The zero-order valence-electron chi connectivity index (χ0n) is 15.8. The minimum Gasteiger partial charge on any atom is -0.325 e. The average molecular weight is 421 g/mol. The number of nitrogens with one attached hydrogen (secondary N) is 1. The average Bonchev–Trinajstić information content (AvgIpc) is 3.33. The monoisotopic (exact) mass is 420 g/mol. The lowest BCUT2D eigenvalue weighted by atomic mass is 10.1. The van der Waals surface area contributed by atoms with E-state index in [1.807, 2.05) is 17.7 Å². The van der Waals surface area contributed by atoms with Crippen LogP contribution in [0.5, 0.6) is 0 Å². The lowest BCUT2D eigenvalue weighted by Crippen LogP contribution is -2.15. The van der Waals surface area contributed by atoms with Crippen molar-refractivity contribution in [2.24, 2.45) is 13.0 Å². The standard InChI is InChI=1S/C19H24N4O3S2/c1-23-17(9-13-7-8-28(25,26)12-13)21-22-19(23)27-11-18(24)20-16-6-5-14-3-2-4-15(14)10-16/h5-6,10,13H,2-4,7-9,11-12H2,1H3,(H,20,24)/t13-/m1/s1. The van der Waals surface area contributed by atoms with Crippen LogP contribution in [0.4, 0.5) is 5.69 Å². The Labute approximate surface area is 169 Å². The minimum atomic E-state index is -2.89. The van der Waals surface area contributed by atoms with E-state index >= 15 is 0 Å². The molecule has 1 aromatic carbocycles. The molecule has 9 heteroatoms. The van der Waals surface area contributed by atoms with Gasteiger partial charge in [-0.2, -0.15) is 0 Å². The van der Waals surface area contributed by atoms with Gasteiger partial charge in [-0.1, -0.05) is 17.8 Å². The second-order valence-corrected chi connectivity index (χ2v) is 10.8. The van der Waals surface area contributed by atoms with Gasteiger partial charge in [0, 0.05) is 19.2 Å². The summed E-state index contributed by atoms with van der Waals surface area (Å²) >= 11 is 1.34. The van der Waals surface area contributed by atoms with Gasteiger partial charge in [-0.25, -0.2) is 8.42 Å². The summed E-state index contributed by atoms with van der Waals surface area (Å²) in [4.78, 5) is 12.3. The first-order valence-electron chi connectivity index (χ1n) is 9.53. The number of aryl methyl sites for hydroxylation is 2. The summed E-state index contributed by atoms with van der Waals surface area (Å²) in [5.74, 6) is 1.54. The van der Waals surface area contributed by atoms with Crippen LogP contribution in [0.3, 0.4) is 0 Å². The first kappa shape index (κ1) is 19.4. The molecular formula is C19H24N4O3S2. The van der Waals surface area contributed by atoms with E-state index < -0.39 is 9.84 Å². The van der Waals surface area contributed by atoms with Gasteiger partial charge in [-0.15, -0.1) is 10.2 Å². The Kier molecular flexibility index (Phi) is 5.46. The van der Waals surface area contributed by atoms with Gasteiger partial charge in [0.15, 0.2) is 15.0 Å². The number of amides is 1. The van der Waals surface area contributed by atoms with Crippen LogP contribution in [-0.2, 0) is 40.9 Å². The molecule has 0 radical (unpaired) electrons. The molecule has 1 aromatic heterocycles. The van der Waals surface area contributed by atoms with E-state index in [2.05, 4.69) is 27.6 Å². The molecule has 0 saturated carbocycles. The number of sulfone groups is 1. The summed E-state index contributed by atoms with van der Waals surface area (Å²) in [6, 6.07) is 6.13. The number of aromatic nitrogens is 3. The normalized spacial score (nSPS) is 20.2. The van der Waals surface area contributed by atoms with Crippen molar-refractivity contribution in [1.82, 2.24) is 14.8 Å². The van der Waals surface area contributed by atoms with Crippen LogP contribution in [0, 0.1) is 5.92 Å². The number of hydrogen-bond acceptors (Lipinski definition) is 6. The zero-order valence-corrected chi connectivity index (χ0v) is 17.5. The zero-order chi connectivity index (χ0) is 19.7. The van der Waals surface area contributed by atoms with Gasteiger partial charge in [-0.3, -0.25) is 4.79 Å². The highest BCUT2D eigenvalue weighted by Crippen LogP contribution is 2.26. The molecule has 28 heavy (non-hydrogen) atoms. The molecule has 7 nitrogen and oxygen atoms in total. The summed E-state index contributed by atoms with van der Waals surface area (Å²) in [6.07, 6.45) is 4.67. The molecule has 1 N–H and O–H groups in total. The van der Waals surface area contributed by atoms with Crippen molar-refractivity contribution >= 4 is 33.2 Å². The number of thioether (sulfide) groups is 1. The highest BCUT2D eigenvalue weighted by molar-refractivity contribution is 7.99. The Morgan fingerprint density at radius 2 is 2.11 bits per heavy atom. The number of anilines is 1. The topological polar surface area (TPSA) is 93.9 Å². The largest absolute Gasteiger partial charge is 0.325 e. The summed E-state index contributed by atoms with van der Waals surface area (Å²) in [6.45, 7) is 0. The maximum absolute atomic E-state index is 12.3. The summed E-state index contributed by atoms with van der Waals surface area (Å²) in [5.41, 5.74) is 3.55. The molecule has 0 bridgehead atoms. The van der Waals surface area contributed by atoms with Gasteiger partial charge in [-0.05, 0) is 54.9 Å². The fraction of sp³-hybridized carbons (Fsp3) is 0.526. The van der Waals surface area contributed by atoms with Crippen molar-refractivity contribution in [2.75, 3.05) is 22.6 Å². The highest BCUT2D eigenvalue weighted by Gasteiger charge is 2.29. The Morgan fingerprint density at radius 1 is 1.29 bits per heavy atom. The quantitative estimate of drug-likeness (QED) is 0.719. The van der Waals surface area contributed by atoms with E-state index in [1.165, 1.54) is 29.3 Å². The minimum absolute atomic E-state index is 0.0746. The Balaban J connectivity index is 1.31. The van der Waals surface area contributed by atoms with Crippen LogP contribution >= 0.6 is 11.8 Å². The van der Waals surface area contributed by atoms with Crippen molar-refractivity contribution < 1.29 is 13.2 Å². The highest BCUT2D eigenvalue weighted by atomic mass is 32.2. The SMILES string of the molecule is Cn1c(C[C@H]2CCS(=O)(=O)C2)nnc1SCC(=O)Nc1ccc2c(c1)CCC2. The summed E-state index contributed by atoms with van der Waals surface area (Å²) in [5, 5.41) is 12.0. The maximum Gasteiger partial charge on any atom is 0.234 e. The molecule has 2 aromatic rings. The molecule has 1 amide bonds. The predicted molar refractivity (Wildman–Crippen MR) is 109 cm³/mol.